The number of aromatic nitrogens is 2. The molecule has 0 saturated heterocycles. The molecular formula is C15H17ClN2O3. The maximum atomic E-state index is 6.00. The molecule has 0 unspecified atom stereocenters. The summed E-state index contributed by atoms with van der Waals surface area (Å²) in [6.07, 6.45) is 0. The molecule has 1 aromatic carbocycles. The summed E-state index contributed by atoms with van der Waals surface area (Å²) in [5, 5.41) is 0.330. The van der Waals surface area contributed by atoms with E-state index in [0.717, 1.165) is 5.56 Å². The molecule has 6 heteroatoms. The largest absolute Gasteiger partial charge is 0.493 e. The number of halogens is 1. The monoisotopic (exact) mass is 308 g/mol. The number of rotatable bonds is 6. The maximum Gasteiger partial charge on any atom is 0.218 e. The van der Waals surface area contributed by atoms with Gasteiger partial charge < -0.3 is 14.2 Å². The zero-order valence-corrected chi connectivity index (χ0v) is 13.0. The highest BCUT2D eigenvalue weighted by Gasteiger charge is 2.11. The third-order valence-corrected chi connectivity index (χ3v) is 2.88. The zero-order chi connectivity index (χ0) is 15.2. The number of hydrogen-bond donors (Lipinski definition) is 0. The molecule has 21 heavy (non-hydrogen) atoms. The molecule has 0 spiro atoms. The van der Waals surface area contributed by atoms with Gasteiger partial charge in [-0.05, 0) is 32.0 Å². The molecule has 112 valence electrons. The van der Waals surface area contributed by atoms with Crippen LogP contribution in [0.3, 0.4) is 0 Å². The Balaban J connectivity index is 2.41. The molecule has 0 fully saturated rings. The number of methoxy groups -OCH3 is 1. The van der Waals surface area contributed by atoms with Gasteiger partial charge in [-0.3, -0.25) is 0 Å². The predicted molar refractivity (Wildman–Crippen MR) is 81.4 cm³/mol. The van der Waals surface area contributed by atoms with Crippen LogP contribution in [0, 0.1) is 0 Å². The van der Waals surface area contributed by atoms with Crippen molar-refractivity contribution < 1.29 is 14.2 Å². The van der Waals surface area contributed by atoms with Crippen LogP contribution in [0.4, 0.5) is 0 Å². The van der Waals surface area contributed by atoms with Gasteiger partial charge >= 0.3 is 0 Å². The molecule has 0 amide bonds. The summed E-state index contributed by atoms with van der Waals surface area (Å²) in [7, 11) is 1.59. The van der Waals surface area contributed by atoms with Gasteiger partial charge in [0.1, 0.15) is 5.15 Å². The highest BCUT2D eigenvalue weighted by atomic mass is 35.5. The van der Waals surface area contributed by atoms with E-state index in [1.165, 1.54) is 0 Å². The van der Waals surface area contributed by atoms with E-state index in [4.69, 9.17) is 25.8 Å². The smallest absolute Gasteiger partial charge is 0.218 e. The van der Waals surface area contributed by atoms with Crippen molar-refractivity contribution in [2.45, 2.75) is 13.8 Å². The molecule has 2 rings (SSSR count). The van der Waals surface area contributed by atoms with E-state index in [-0.39, 0.29) is 0 Å². The van der Waals surface area contributed by atoms with Crippen molar-refractivity contribution in [3.8, 4) is 28.8 Å². The fourth-order valence-corrected chi connectivity index (χ4v) is 2.00. The third-order valence-electron chi connectivity index (χ3n) is 2.69. The minimum Gasteiger partial charge on any atom is -0.493 e. The van der Waals surface area contributed by atoms with Crippen LogP contribution in [0.5, 0.6) is 17.4 Å². The summed E-state index contributed by atoms with van der Waals surface area (Å²) in [5.74, 6) is 2.22. The normalized spacial score (nSPS) is 10.3. The minimum absolute atomic E-state index is 0.330. The van der Waals surface area contributed by atoms with Gasteiger partial charge in [0, 0.05) is 11.6 Å². The lowest BCUT2D eigenvalue weighted by Gasteiger charge is -2.11. The Labute approximate surface area is 128 Å². The van der Waals surface area contributed by atoms with Gasteiger partial charge in [0.15, 0.2) is 17.3 Å². The maximum absolute atomic E-state index is 6.00. The van der Waals surface area contributed by atoms with Crippen molar-refractivity contribution in [2.75, 3.05) is 20.3 Å². The standard InChI is InChI=1S/C15H17ClN2O3/c1-4-20-11-7-6-10(8-12(11)19-3)15-17-13(16)9-14(18-15)21-5-2/h6-9H,4-5H2,1-3H3. The predicted octanol–water partition coefficient (Wildman–Crippen LogP) is 3.60. The van der Waals surface area contributed by atoms with Gasteiger partial charge in [-0.25, -0.2) is 4.98 Å². The average molecular weight is 309 g/mol. The van der Waals surface area contributed by atoms with E-state index in [2.05, 4.69) is 9.97 Å². The van der Waals surface area contributed by atoms with Crippen LogP contribution in [0.15, 0.2) is 24.3 Å². The highest BCUT2D eigenvalue weighted by molar-refractivity contribution is 6.29. The highest BCUT2D eigenvalue weighted by Crippen LogP contribution is 2.32. The van der Waals surface area contributed by atoms with Crippen molar-refractivity contribution in [3.05, 3.63) is 29.4 Å². The van der Waals surface area contributed by atoms with Crippen molar-refractivity contribution in [2.24, 2.45) is 0 Å². The van der Waals surface area contributed by atoms with Gasteiger partial charge in [-0.15, -0.1) is 0 Å². The first-order valence-corrected chi connectivity index (χ1v) is 7.04. The van der Waals surface area contributed by atoms with Crippen LogP contribution < -0.4 is 14.2 Å². The Bertz CT molecular complexity index is 620. The molecule has 1 heterocycles. The molecule has 0 bridgehead atoms. The summed E-state index contributed by atoms with van der Waals surface area (Å²) < 4.78 is 16.2. The van der Waals surface area contributed by atoms with Gasteiger partial charge in [0.25, 0.3) is 0 Å². The molecule has 0 aliphatic carbocycles. The summed E-state index contributed by atoms with van der Waals surface area (Å²) in [6.45, 7) is 4.88. The molecule has 0 saturated carbocycles. The van der Waals surface area contributed by atoms with Crippen LogP contribution in [0.2, 0.25) is 5.15 Å². The number of ether oxygens (including phenoxy) is 3. The van der Waals surface area contributed by atoms with Crippen molar-refractivity contribution in [1.82, 2.24) is 9.97 Å². The first-order chi connectivity index (χ1) is 10.2. The molecule has 0 aliphatic rings. The Kier molecular flexibility index (Phi) is 5.22. The van der Waals surface area contributed by atoms with Crippen LogP contribution in [0.25, 0.3) is 11.4 Å². The van der Waals surface area contributed by atoms with Gasteiger partial charge in [0.05, 0.1) is 20.3 Å². The van der Waals surface area contributed by atoms with E-state index in [1.807, 2.05) is 32.0 Å². The lowest BCUT2D eigenvalue weighted by atomic mass is 10.2. The van der Waals surface area contributed by atoms with E-state index >= 15 is 0 Å². The van der Waals surface area contributed by atoms with E-state index < -0.39 is 0 Å². The van der Waals surface area contributed by atoms with Gasteiger partial charge in [-0.2, -0.15) is 4.98 Å². The second-order valence-electron chi connectivity index (χ2n) is 4.08. The molecular weight excluding hydrogens is 292 g/mol. The second-order valence-corrected chi connectivity index (χ2v) is 4.47. The van der Waals surface area contributed by atoms with E-state index in [9.17, 15) is 0 Å². The first-order valence-electron chi connectivity index (χ1n) is 6.66. The summed E-state index contributed by atoms with van der Waals surface area (Å²) in [5.41, 5.74) is 0.777. The van der Waals surface area contributed by atoms with E-state index in [0.29, 0.717) is 41.6 Å². The SMILES string of the molecule is CCOc1cc(Cl)nc(-c2ccc(OCC)c(OC)c2)n1. The first kappa shape index (κ1) is 15.4. The summed E-state index contributed by atoms with van der Waals surface area (Å²) in [6, 6.07) is 7.07. The zero-order valence-electron chi connectivity index (χ0n) is 12.2. The molecule has 0 N–H and O–H groups in total. The fourth-order valence-electron chi connectivity index (χ4n) is 1.83. The van der Waals surface area contributed by atoms with Crippen LogP contribution in [0.1, 0.15) is 13.8 Å². The quantitative estimate of drug-likeness (QED) is 0.763. The molecule has 0 atom stereocenters. The van der Waals surface area contributed by atoms with Gasteiger partial charge in [-0.1, -0.05) is 11.6 Å². The minimum atomic E-state index is 0.330. The fraction of sp³-hybridized carbons (Fsp3) is 0.333. The molecule has 0 radical (unpaired) electrons. The van der Waals surface area contributed by atoms with Crippen LogP contribution in [-0.4, -0.2) is 30.3 Å². The average Bonchev–Trinajstić information content (AvgIpc) is 2.47. The van der Waals surface area contributed by atoms with Crippen LogP contribution in [-0.2, 0) is 0 Å². The lowest BCUT2D eigenvalue weighted by Crippen LogP contribution is -1.99. The van der Waals surface area contributed by atoms with Crippen molar-refractivity contribution >= 4 is 11.6 Å². The molecule has 2 aromatic rings. The molecule has 0 aliphatic heterocycles. The van der Waals surface area contributed by atoms with Crippen molar-refractivity contribution in [1.29, 1.82) is 0 Å². The molecule has 5 nitrogen and oxygen atoms in total. The molecule has 1 aromatic heterocycles. The summed E-state index contributed by atoms with van der Waals surface area (Å²) >= 11 is 6.00. The third kappa shape index (κ3) is 3.76. The lowest BCUT2D eigenvalue weighted by molar-refractivity contribution is 0.311. The second kappa shape index (κ2) is 7.13. The number of nitrogens with zero attached hydrogens (tertiary/aromatic N) is 2. The Morgan fingerprint density at radius 1 is 1.00 bits per heavy atom. The number of hydrogen-bond acceptors (Lipinski definition) is 5. The Morgan fingerprint density at radius 2 is 1.76 bits per heavy atom. The Hall–Kier alpha value is -2.01. The van der Waals surface area contributed by atoms with Crippen molar-refractivity contribution in [3.63, 3.8) is 0 Å². The number of benzene rings is 1. The Morgan fingerprint density at radius 3 is 2.43 bits per heavy atom. The van der Waals surface area contributed by atoms with E-state index in [1.54, 1.807) is 13.2 Å². The van der Waals surface area contributed by atoms with Gasteiger partial charge in [0.2, 0.25) is 5.88 Å². The van der Waals surface area contributed by atoms with Crippen LogP contribution >= 0.6 is 11.6 Å². The summed E-state index contributed by atoms with van der Waals surface area (Å²) in [4.78, 5) is 8.55. The topological polar surface area (TPSA) is 53.5 Å².